The highest BCUT2D eigenvalue weighted by molar-refractivity contribution is 5.96. The average molecular weight is 578 g/mol. The first-order valence-electron chi connectivity index (χ1n) is 13.8. The number of nitrogens with one attached hydrogen (secondary N) is 2. The first-order chi connectivity index (χ1) is 20.9. The van der Waals surface area contributed by atoms with Crippen molar-refractivity contribution < 1.29 is 23.5 Å². The van der Waals surface area contributed by atoms with Gasteiger partial charge in [0.1, 0.15) is 5.52 Å². The van der Waals surface area contributed by atoms with Gasteiger partial charge in [0.25, 0.3) is 6.01 Å². The first kappa shape index (κ1) is 29.0. The molecule has 0 aliphatic heterocycles. The Hall–Kier alpha value is -5.51. The van der Waals surface area contributed by atoms with Gasteiger partial charge in [-0.05, 0) is 72.6 Å². The summed E-state index contributed by atoms with van der Waals surface area (Å²) in [5, 5.41) is 5.99. The van der Waals surface area contributed by atoms with Crippen LogP contribution in [-0.2, 0) is 27.2 Å². The lowest BCUT2D eigenvalue weighted by atomic mass is 10.1. The minimum absolute atomic E-state index is 0.0700. The van der Waals surface area contributed by atoms with E-state index in [1.165, 1.54) is 12.0 Å². The summed E-state index contributed by atoms with van der Waals surface area (Å²) in [7, 11) is 1.30. The number of carbonyl (C=O) groups excluding carboxylic acids is 3. The van der Waals surface area contributed by atoms with E-state index in [2.05, 4.69) is 20.6 Å². The molecule has 0 saturated heterocycles. The normalized spacial score (nSPS) is 10.7. The molecule has 0 bridgehead atoms. The molecule has 10 nitrogen and oxygen atoms in total. The zero-order valence-corrected chi connectivity index (χ0v) is 23.9. The summed E-state index contributed by atoms with van der Waals surface area (Å²) >= 11 is 0. The van der Waals surface area contributed by atoms with E-state index in [0.29, 0.717) is 41.3 Å². The number of hydrogen-bond acceptors (Lipinski definition) is 8. The molecule has 0 saturated carbocycles. The third-order valence-electron chi connectivity index (χ3n) is 6.84. The molecule has 10 heteroatoms. The highest BCUT2D eigenvalue weighted by atomic mass is 16.5. The van der Waals surface area contributed by atoms with Crippen molar-refractivity contribution in [2.45, 2.75) is 19.8 Å². The zero-order chi connectivity index (χ0) is 30.2. The van der Waals surface area contributed by atoms with E-state index < -0.39 is 5.97 Å². The van der Waals surface area contributed by atoms with Crippen molar-refractivity contribution in [3.8, 4) is 0 Å². The predicted octanol–water partition coefficient (Wildman–Crippen LogP) is 5.31. The van der Waals surface area contributed by atoms with Gasteiger partial charge >= 0.3 is 5.97 Å². The van der Waals surface area contributed by atoms with Gasteiger partial charge in [-0.2, -0.15) is 4.98 Å². The van der Waals surface area contributed by atoms with Crippen LogP contribution in [0, 0.1) is 6.92 Å². The number of nitrogens with zero attached hydrogens (tertiary/aromatic N) is 3. The van der Waals surface area contributed by atoms with E-state index in [1.54, 1.807) is 36.5 Å². The molecule has 218 valence electrons. The van der Waals surface area contributed by atoms with Crippen LogP contribution in [0.5, 0.6) is 0 Å². The number of pyridine rings is 1. The molecule has 5 aromatic rings. The van der Waals surface area contributed by atoms with Gasteiger partial charge in [-0.1, -0.05) is 30.3 Å². The van der Waals surface area contributed by atoms with Crippen LogP contribution in [0.25, 0.3) is 11.1 Å². The van der Waals surface area contributed by atoms with Crippen molar-refractivity contribution in [1.29, 1.82) is 0 Å². The fourth-order valence-corrected chi connectivity index (χ4v) is 4.52. The maximum Gasteiger partial charge on any atom is 0.337 e. The molecule has 0 unspecified atom stereocenters. The minimum Gasteiger partial charge on any atom is -0.465 e. The molecule has 2 heterocycles. The van der Waals surface area contributed by atoms with Crippen LogP contribution in [0.2, 0.25) is 0 Å². The highest BCUT2D eigenvalue weighted by Gasteiger charge is 2.19. The lowest BCUT2D eigenvalue weighted by Crippen LogP contribution is -2.40. The zero-order valence-electron chi connectivity index (χ0n) is 23.9. The molecule has 0 fully saturated rings. The Bertz CT molecular complexity index is 1730. The third-order valence-corrected chi connectivity index (χ3v) is 6.84. The number of amides is 2. The van der Waals surface area contributed by atoms with Gasteiger partial charge < -0.3 is 24.7 Å². The average Bonchev–Trinajstić information content (AvgIpc) is 3.42. The first-order valence-corrected chi connectivity index (χ1v) is 13.8. The van der Waals surface area contributed by atoms with E-state index in [0.717, 1.165) is 22.5 Å². The molecule has 2 N–H and O–H groups in total. The van der Waals surface area contributed by atoms with E-state index in [4.69, 9.17) is 9.15 Å². The molecule has 2 amide bonds. The maximum absolute atomic E-state index is 13.5. The number of anilines is 3. The summed E-state index contributed by atoms with van der Waals surface area (Å²) in [6.07, 6.45) is 2.25. The standard InChI is InChI=1S/C33H31N5O5/c1-22-7-3-4-9-27(22)36-33-37-28-15-10-23(19-29(28)43-33)20-31(40)38(18-16-25-8-5-6-17-34-25)21-30(39)35-26-13-11-24(12-14-26)32(41)42-2/h3-15,17,19H,16,18,20-21H2,1-2H3,(H,35,39)(H,36,37). The number of benzene rings is 3. The van der Waals surface area contributed by atoms with Gasteiger partial charge in [0.15, 0.2) is 5.58 Å². The monoisotopic (exact) mass is 577 g/mol. The van der Waals surface area contributed by atoms with Gasteiger partial charge in [-0.3, -0.25) is 14.6 Å². The van der Waals surface area contributed by atoms with Crippen molar-refractivity contribution >= 4 is 46.3 Å². The smallest absolute Gasteiger partial charge is 0.337 e. The van der Waals surface area contributed by atoms with Gasteiger partial charge in [-0.15, -0.1) is 0 Å². The van der Waals surface area contributed by atoms with Crippen molar-refractivity contribution in [3.05, 3.63) is 114 Å². The predicted molar refractivity (Wildman–Crippen MR) is 163 cm³/mol. The van der Waals surface area contributed by atoms with Crippen molar-refractivity contribution in [2.24, 2.45) is 0 Å². The Morgan fingerprint density at radius 2 is 1.74 bits per heavy atom. The lowest BCUT2D eigenvalue weighted by Gasteiger charge is -2.22. The summed E-state index contributed by atoms with van der Waals surface area (Å²) in [6.45, 7) is 2.15. The second-order valence-electron chi connectivity index (χ2n) is 9.94. The number of oxazole rings is 1. The fourth-order valence-electron chi connectivity index (χ4n) is 4.52. The van der Waals surface area contributed by atoms with Crippen LogP contribution in [-0.4, -0.2) is 52.9 Å². The van der Waals surface area contributed by atoms with Gasteiger partial charge in [-0.25, -0.2) is 4.79 Å². The summed E-state index contributed by atoms with van der Waals surface area (Å²) < 4.78 is 10.6. The van der Waals surface area contributed by atoms with E-state index >= 15 is 0 Å². The van der Waals surface area contributed by atoms with E-state index in [9.17, 15) is 14.4 Å². The van der Waals surface area contributed by atoms with Crippen molar-refractivity contribution in [2.75, 3.05) is 30.8 Å². The number of fused-ring (bicyclic) bond motifs is 1. The molecule has 3 aromatic carbocycles. The second kappa shape index (κ2) is 13.4. The number of methoxy groups -OCH3 is 1. The molecule has 0 spiro atoms. The number of para-hydroxylation sites is 1. The van der Waals surface area contributed by atoms with Gasteiger partial charge in [0.05, 0.1) is 25.6 Å². The third kappa shape index (κ3) is 7.62. The quantitative estimate of drug-likeness (QED) is 0.202. The van der Waals surface area contributed by atoms with Crippen LogP contribution in [0.3, 0.4) is 0 Å². The maximum atomic E-state index is 13.5. The highest BCUT2D eigenvalue weighted by Crippen LogP contribution is 2.25. The summed E-state index contributed by atoms with van der Waals surface area (Å²) in [4.78, 5) is 48.5. The molecule has 5 rings (SSSR count). The number of ether oxygens (including phenoxy) is 1. The molecule has 43 heavy (non-hydrogen) atoms. The van der Waals surface area contributed by atoms with Gasteiger partial charge in [0.2, 0.25) is 11.8 Å². The van der Waals surface area contributed by atoms with Crippen LogP contribution < -0.4 is 10.6 Å². The summed E-state index contributed by atoms with van der Waals surface area (Å²) in [5.41, 5.74) is 5.59. The number of aromatic nitrogens is 2. The molecule has 2 aromatic heterocycles. The summed E-state index contributed by atoms with van der Waals surface area (Å²) in [5.74, 6) is -1.05. The number of rotatable bonds is 11. The molecule has 0 aliphatic rings. The van der Waals surface area contributed by atoms with Gasteiger partial charge in [0, 0.05) is 36.2 Å². The number of esters is 1. The van der Waals surface area contributed by atoms with E-state index in [-0.39, 0.29) is 24.8 Å². The Balaban J connectivity index is 1.28. The van der Waals surface area contributed by atoms with Crippen molar-refractivity contribution in [1.82, 2.24) is 14.9 Å². The van der Waals surface area contributed by atoms with Crippen LogP contribution in [0.1, 0.15) is 27.2 Å². The largest absolute Gasteiger partial charge is 0.465 e. The van der Waals surface area contributed by atoms with Crippen LogP contribution >= 0.6 is 0 Å². The van der Waals surface area contributed by atoms with Crippen LogP contribution in [0.15, 0.2) is 95.5 Å². The fraction of sp³-hybridized carbons (Fsp3) is 0.182. The Kier molecular flexibility index (Phi) is 9.06. The molecule has 0 radical (unpaired) electrons. The number of aryl methyl sites for hydroxylation is 1. The SMILES string of the molecule is COC(=O)c1ccc(NC(=O)CN(CCc2ccccn2)C(=O)Cc2ccc3nc(Nc4ccccc4C)oc3c2)cc1. The molecule has 0 atom stereocenters. The van der Waals surface area contributed by atoms with Crippen molar-refractivity contribution in [3.63, 3.8) is 0 Å². The second-order valence-corrected chi connectivity index (χ2v) is 9.94. The number of carbonyl (C=O) groups is 3. The topological polar surface area (TPSA) is 127 Å². The summed E-state index contributed by atoms with van der Waals surface area (Å²) in [6, 6.07) is 25.6. The number of hydrogen-bond donors (Lipinski definition) is 2. The lowest BCUT2D eigenvalue weighted by molar-refractivity contribution is -0.134. The van der Waals surface area contributed by atoms with Crippen LogP contribution in [0.4, 0.5) is 17.4 Å². The Morgan fingerprint density at radius 1 is 0.953 bits per heavy atom. The molecule has 0 aliphatic carbocycles. The Labute approximate surface area is 248 Å². The van der Waals surface area contributed by atoms with E-state index in [1.807, 2.05) is 61.5 Å². The Morgan fingerprint density at radius 3 is 2.49 bits per heavy atom. The molecular weight excluding hydrogens is 546 g/mol. The minimum atomic E-state index is -0.466. The molecular formula is C33H31N5O5.